The molecular weight excluding hydrogens is 1070 g/mol. The topological polar surface area (TPSA) is 268 Å². The molecule has 10 aromatic rings. The molecule has 2 aromatic carbocycles. The first-order valence-electron chi connectivity index (χ1n) is 24.9. The second-order valence-electron chi connectivity index (χ2n) is 18.8. The standard InChI is InChI=1S/C26H28IN9O2.C26H29N9O2/c1-37-11-12-38-26(25-29-16-30-34-25)9-7-17(8-10-26)22-21(27)23(28)36-24(33-22)20(14-32-36)18-13-31-35(15-18)19-5-3-2-4-6-19;1-36-11-12-37-26(25-28-17-29-33-25)9-7-18(8-10-26)22-13-23(27)35-24(32-22)21(15-31-35)19-14-30-34(16-19)20-5-3-2-4-6-20/h2-6,13-17H,7-12,28H2,1H3,(H,29,30,34);2-6,13-18H,7-12,27H2,1H3,(H,28,29,33). The fourth-order valence-corrected chi connectivity index (χ4v) is 11.2. The molecule has 0 aliphatic heterocycles. The van der Waals surface area contributed by atoms with Crippen LogP contribution in [0.4, 0.5) is 11.6 Å². The monoisotopic (exact) mass is 1120 g/mol. The van der Waals surface area contributed by atoms with Gasteiger partial charge in [-0.1, -0.05) is 36.4 Å². The Hall–Kier alpha value is -7.45. The molecule has 0 atom stereocenters. The zero-order valence-electron chi connectivity index (χ0n) is 41.5. The Labute approximate surface area is 444 Å². The molecule has 0 amide bonds. The average Bonchev–Trinajstić information content (AvgIpc) is 4.33. The number of halogens is 1. The molecule has 0 unspecified atom stereocenters. The quantitative estimate of drug-likeness (QED) is 0.0536. The maximum absolute atomic E-state index is 6.60. The van der Waals surface area contributed by atoms with E-state index in [0.29, 0.717) is 38.1 Å². The van der Waals surface area contributed by atoms with Crippen molar-refractivity contribution in [2.45, 2.75) is 74.4 Å². The number of benzene rings is 2. The molecule has 0 spiro atoms. The first kappa shape index (κ1) is 49.7. The van der Waals surface area contributed by atoms with Gasteiger partial charge in [0.05, 0.1) is 71.9 Å². The summed E-state index contributed by atoms with van der Waals surface area (Å²) in [6.45, 7) is 2.04. The number of methoxy groups -OCH3 is 2. The van der Waals surface area contributed by atoms with Gasteiger partial charge in [-0.15, -0.1) is 0 Å². The van der Waals surface area contributed by atoms with E-state index in [1.54, 1.807) is 29.4 Å². The summed E-state index contributed by atoms with van der Waals surface area (Å²) in [5.41, 5.74) is 21.1. The maximum Gasteiger partial charge on any atom is 0.165 e. The number of ether oxygens (including phenoxy) is 4. The molecule has 0 radical (unpaired) electrons. The van der Waals surface area contributed by atoms with E-state index in [2.05, 4.69) is 73.3 Å². The van der Waals surface area contributed by atoms with Crippen LogP contribution in [-0.2, 0) is 30.1 Å². The number of aromatic amines is 2. The second-order valence-corrected chi connectivity index (χ2v) is 19.9. The van der Waals surface area contributed by atoms with Gasteiger partial charge in [-0.3, -0.25) is 10.2 Å². The van der Waals surface area contributed by atoms with Crippen LogP contribution in [-0.4, -0.2) is 120 Å². The molecule has 0 bridgehead atoms. The SMILES string of the molecule is COCCOC1(c2ncn[nH]2)CCC(c2cc(N)n3ncc(-c4cnn(-c5ccccc5)c4)c3n2)CC1.COCCOC1(c2ncn[nH]2)CCC(c2nc3c(-c4cnn(-c5ccccc5)c4)cnn3c(N)c2I)CC1. The number of nitrogen functional groups attached to an aromatic ring is 2. The third-order valence-corrected chi connectivity index (χ3v) is 15.5. The Morgan fingerprint density at radius 3 is 1.60 bits per heavy atom. The molecule has 6 N–H and O–H groups in total. The van der Waals surface area contributed by atoms with Crippen LogP contribution >= 0.6 is 22.6 Å². The van der Waals surface area contributed by atoms with Crippen LogP contribution in [0.15, 0.2) is 117 Å². The summed E-state index contributed by atoms with van der Waals surface area (Å²) in [6, 6.07) is 21.9. The van der Waals surface area contributed by atoms with Gasteiger partial charge in [0.1, 0.15) is 35.5 Å². The molecule has 2 fully saturated rings. The van der Waals surface area contributed by atoms with Crippen LogP contribution < -0.4 is 11.5 Å². The number of aromatic nitrogens is 16. The zero-order valence-corrected chi connectivity index (χ0v) is 43.7. The predicted molar refractivity (Wildman–Crippen MR) is 287 cm³/mol. The van der Waals surface area contributed by atoms with Gasteiger partial charge in [-0.25, -0.2) is 29.3 Å². The van der Waals surface area contributed by atoms with Crippen molar-refractivity contribution in [3.8, 4) is 33.6 Å². The number of nitrogens with two attached hydrogens (primary N) is 2. The van der Waals surface area contributed by atoms with Crippen LogP contribution in [0, 0.1) is 3.57 Å². The van der Waals surface area contributed by atoms with E-state index in [-0.39, 0.29) is 11.8 Å². The predicted octanol–water partition coefficient (Wildman–Crippen LogP) is 7.60. The summed E-state index contributed by atoms with van der Waals surface area (Å²) in [4.78, 5) is 19.0. The Morgan fingerprint density at radius 1 is 0.613 bits per heavy atom. The van der Waals surface area contributed by atoms with Gasteiger partial charge in [0.15, 0.2) is 22.9 Å². The lowest BCUT2D eigenvalue weighted by molar-refractivity contribution is -0.0977. The summed E-state index contributed by atoms with van der Waals surface area (Å²) < 4.78 is 31.1. The zero-order chi connectivity index (χ0) is 51.4. The lowest BCUT2D eigenvalue weighted by atomic mass is 9.76. The van der Waals surface area contributed by atoms with Gasteiger partial charge >= 0.3 is 0 Å². The van der Waals surface area contributed by atoms with Crippen LogP contribution in [0.25, 0.3) is 44.9 Å². The molecule has 23 heteroatoms. The molecule has 2 saturated carbocycles. The summed E-state index contributed by atoms with van der Waals surface area (Å²) in [7, 11) is 3.35. The largest absolute Gasteiger partial charge is 0.384 e. The molecule has 8 aromatic heterocycles. The number of H-pyrrole nitrogens is 2. The van der Waals surface area contributed by atoms with E-state index in [9.17, 15) is 0 Å². The summed E-state index contributed by atoms with van der Waals surface area (Å²) in [6.07, 6.45) is 21.0. The van der Waals surface area contributed by atoms with Crippen molar-refractivity contribution in [2.24, 2.45) is 0 Å². The number of fused-ring (bicyclic) bond motifs is 2. The van der Waals surface area contributed by atoms with E-state index in [1.165, 1.54) is 12.7 Å². The first-order chi connectivity index (χ1) is 36.8. The number of para-hydroxylation sites is 2. The van der Waals surface area contributed by atoms with E-state index in [1.807, 2.05) is 107 Å². The van der Waals surface area contributed by atoms with Crippen molar-refractivity contribution in [3.05, 3.63) is 143 Å². The van der Waals surface area contributed by atoms with Crippen molar-refractivity contribution in [3.63, 3.8) is 0 Å². The molecule has 22 nitrogen and oxygen atoms in total. The Morgan fingerprint density at radius 2 is 1.11 bits per heavy atom. The lowest BCUT2D eigenvalue weighted by Crippen LogP contribution is -2.36. The minimum atomic E-state index is -0.513. The summed E-state index contributed by atoms with van der Waals surface area (Å²) in [5.74, 6) is 3.15. The third-order valence-electron chi connectivity index (χ3n) is 14.4. The molecule has 8 heterocycles. The highest BCUT2D eigenvalue weighted by Crippen LogP contribution is 2.47. The van der Waals surface area contributed by atoms with Crippen molar-refractivity contribution < 1.29 is 18.9 Å². The molecule has 386 valence electrons. The van der Waals surface area contributed by atoms with Crippen molar-refractivity contribution in [1.82, 2.24) is 79.1 Å². The van der Waals surface area contributed by atoms with E-state index < -0.39 is 11.2 Å². The van der Waals surface area contributed by atoms with Crippen molar-refractivity contribution in [1.29, 1.82) is 0 Å². The summed E-state index contributed by atoms with van der Waals surface area (Å²) >= 11 is 2.30. The van der Waals surface area contributed by atoms with Crippen LogP contribution in [0.2, 0.25) is 0 Å². The molecule has 75 heavy (non-hydrogen) atoms. The lowest BCUT2D eigenvalue weighted by Gasteiger charge is -2.38. The maximum atomic E-state index is 6.60. The van der Waals surface area contributed by atoms with Gasteiger partial charge < -0.3 is 30.4 Å². The van der Waals surface area contributed by atoms with Gasteiger partial charge in [0.25, 0.3) is 0 Å². The molecule has 2 aliphatic carbocycles. The van der Waals surface area contributed by atoms with Gasteiger partial charge in [-0.2, -0.15) is 39.6 Å². The van der Waals surface area contributed by atoms with Crippen LogP contribution in [0.5, 0.6) is 0 Å². The number of anilines is 2. The van der Waals surface area contributed by atoms with Gasteiger partial charge in [0.2, 0.25) is 0 Å². The number of rotatable bonds is 16. The highest BCUT2D eigenvalue weighted by molar-refractivity contribution is 14.1. The number of nitrogens with one attached hydrogen (secondary N) is 2. The minimum absolute atomic E-state index is 0.228. The highest BCUT2D eigenvalue weighted by atomic mass is 127. The van der Waals surface area contributed by atoms with E-state index >= 15 is 0 Å². The van der Waals surface area contributed by atoms with Gasteiger partial charge in [-0.05, 0) is 98.2 Å². The normalized spacial score (nSPS) is 19.9. The van der Waals surface area contributed by atoms with Crippen LogP contribution in [0.1, 0.15) is 86.2 Å². The number of hydrogen-bond donors (Lipinski definition) is 4. The third kappa shape index (κ3) is 10.00. The van der Waals surface area contributed by atoms with E-state index in [4.69, 9.17) is 40.4 Å². The van der Waals surface area contributed by atoms with E-state index in [0.717, 1.165) is 123 Å². The number of nitrogens with zero attached hydrogens (tertiary/aromatic N) is 14. The Kier molecular flexibility index (Phi) is 14.5. The highest BCUT2D eigenvalue weighted by Gasteiger charge is 2.43. The minimum Gasteiger partial charge on any atom is -0.384 e. The van der Waals surface area contributed by atoms with Crippen molar-refractivity contribution in [2.75, 3.05) is 52.1 Å². The fraction of sp³-hybridized carbons (Fsp3) is 0.346. The fourth-order valence-electron chi connectivity index (χ4n) is 10.4. The summed E-state index contributed by atoms with van der Waals surface area (Å²) in [5, 5.41) is 32.3. The first-order valence-corrected chi connectivity index (χ1v) is 26.0. The molecular formula is C52H57IN18O4. The second kappa shape index (κ2) is 21.8. The van der Waals surface area contributed by atoms with Crippen LogP contribution in [0.3, 0.4) is 0 Å². The molecule has 12 rings (SSSR count). The Balaban J connectivity index is 0.000000161. The molecule has 0 saturated heterocycles. The molecule has 2 aliphatic rings. The number of hydrogen-bond acceptors (Lipinski definition) is 16. The van der Waals surface area contributed by atoms with Gasteiger partial charge in [0, 0.05) is 72.5 Å². The average molecular weight is 1130 g/mol. The Bertz CT molecular complexity index is 3450. The van der Waals surface area contributed by atoms with Crippen molar-refractivity contribution >= 4 is 45.5 Å². The smallest absolute Gasteiger partial charge is 0.165 e.